The van der Waals surface area contributed by atoms with Crippen LogP contribution < -0.4 is 9.47 Å². The van der Waals surface area contributed by atoms with Gasteiger partial charge in [0.1, 0.15) is 5.69 Å². The highest BCUT2D eigenvalue weighted by Gasteiger charge is 2.33. The molecule has 1 unspecified atom stereocenters. The number of aromatic nitrogens is 1. The van der Waals surface area contributed by atoms with Crippen LogP contribution >= 0.6 is 0 Å². The number of ketones is 1. The summed E-state index contributed by atoms with van der Waals surface area (Å²) in [4.78, 5) is 28.6. The van der Waals surface area contributed by atoms with Crippen LogP contribution in [0.25, 0.3) is 0 Å². The Hall–Kier alpha value is -2.76. The normalized spacial score (nSPS) is 15.9. The zero-order valence-electron chi connectivity index (χ0n) is 16.9. The number of benzene rings is 1. The molecule has 1 aliphatic carbocycles. The average molecular weight is 385 g/mol. The molecule has 3 rings (SSSR count). The van der Waals surface area contributed by atoms with Crippen molar-refractivity contribution in [3.05, 3.63) is 46.3 Å². The van der Waals surface area contributed by atoms with Gasteiger partial charge in [0.05, 0.1) is 20.8 Å². The maximum atomic E-state index is 13.0. The second-order valence-electron chi connectivity index (χ2n) is 6.95. The molecular weight excluding hydrogens is 358 g/mol. The summed E-state index contributed by atoms with van der Waals surface area (Å²) >= 11 is 0. The highest BCUT2D eigenvalue weighted by molar-refractivity contribution is 6.03. The van der Waals surface area contributed by atoms with E-state index in [4.69, 9.17) is 14.2 Å². The number of ether oxygens (including phenoxy) is 3. The largest absolute Gasteiger partial charge is 0.493 e. The first kappa shape index (κ1) is 20.0. The van der Waals surface area contributed by atoms with Crippen LogP contribution in [0.1, 0.15) is 70.3 Å². The second-order valence-corrected chi connectivity index (χ2v) is 6.95. The number of carbonyl (C=O) groups excluding carboxylic acids is 2. The SMILES string of the molecule is CCCc1c(C(=O)OCC)[nH]c2c1C(=O)CC(c1ccc(OC)c(OC)c1)C2. The molecule has 0 amide bonds. The summed E-state index contributed by atoms with van der Waals surface area (Å²) in [5.74, 6) is 0.988. The number of aromatic amines is 1. The smallest absolute Gasteiger partial charge is 0.355 e. The van der Waals surface area contributed by atoms with Crippen molar-refractivity contribution < 1.29 is 23.8 Å². The van der Waals surface area contributed by atoms with Gasteiger partial charge in [0.25, 0.3) is 0 Å². The maximum absolute atomic E-state index is 13.0. The molecule has 28 heavy (non-hydrogen) atoms. The highest BCUT2D eigenvalue weighted by atomic mass is 16.5. The average Bonchev–Trinajstić information content (AvgIpc) is 3.07. The Kier molecular flexibility index (Phi) is 6.07. The Morgan fingerprint density at radius 2 is 1.89 bits per heavy atom. The summed E-state index contributed by atoms with van der Waals surface area (Å²) in [6.45, 7) is 4.11. The molecule has 0 radical (unpaired) electrons. The predicted molar refractivity (Wildman–Crippen MR) is 106 cm³/mol. The molecule has 150 valence electrons. The van der Waals surface area contributed by atoms with Crippen molar-refractivity contribution in [3.63, 3.8) is 0 Å². The van der Waals surface area contributed by atoms with Gasteiger partial charge in [-0.2, -0.15) is 0 Å². The molecular formula is C22H27NO5. The number of nitrogens with one attached hydrogen (secondary N) is 1. The Bertz CT molecular complexity index is 883. The molecule has 1 atom stereocenters. The van der Waals surface area contributed by atoms with E-state index in [1.165, 1.54) is 0 Å². The van der Waals surface area contributed by atoms with Crippen LogP contribution in [0.3, 0.4) is 0 Å². The molecule has 0 saturated heterocycles. The quantitative estimate of drug-likeness (QED) is 0.727. The van der Waals surface area contributed by atoms with Gasteiger partial charge < -0.3 is 19.2 Å². The molecule has 0 saturated carbocycles. The third-order valence-corrected chi connectivity index (χ3v) is 5.20. The number of hydrogen-bond acceptors (Lipinski definition) is 5. The molecule has 6 nitrogen and oxygen atoms in total. The van der Waals surface area contributed by atoms with E-state index < -0.39 is 5.97 Å². The lowest BCUT2D eigenvalue weighted by atomic mass is 9.81. The first-order valence-corrected chi connectivity index (χ1v) is 9.69. The Morgan fingerprint density at radius 3 is 2.54 bits per heavy atom. The van der Waals surface area contributed by atoms with Crippen molar-refractivity contribution in [2.24, 2.45) is 0 Å². The molecule has 2 aromatic rings. The zero-order valence-corrected chi connectivity index (χ0v) is 16.9. The number of hydrogen-bond donors (Lipinski definition) is 1. The molecule has 1 aliphatic rings. The fourth-order valence-corrected chi connectivity index (χ4v) is 3.95. The lowest BCUT2D eigenvalue weighted by molar-refractivity contribution is 0.0518. The first-order chi connectivity index (χ1) is 13.5. The van der Waals surface area contributed by atoms with E-state index in [1.54, 1.807) is 21.1 Å². The van der Waals surface area contributed by atoms with Gasteiger partial charge in [0.15, 0.2) is 17.3 Å². The molecule has 6 heteroatoms. The minimum Gasteiger partial charge on any atom is -0.493 e. The van der Waals surface area contributed by atoms with E-state index in [0.29, 0.717) is 48.6 Å². The van der Waals surface area contributed by atoms with Crippen LogP contribution in [-0.4, -0.2) is 37.6 Å². The van der Waals surface area contributed by atoms with Crippen LogP contribution in [0.5, 0.6) is 11.5 Å². The Balaban J connectivity index is 1.98. The lowest BCUT2D eigenvalue weighted by Crippen LogP contribution is -2.19. The number of H-pyrrole nitrogens is 1. The van der Waals surface area contributed by atoms with Crippen molar-refractivity contribution in [2.45, 2.75) is 45.4 Å². The Morgan fingerprint density at radius 1 is 1.14 bits per heavy atom. The number of fused-ring (bicyclic) bond motifs is 1. The van der Waals surface area contributed by atoms with Crippen LogP contribution in [0.4, 0.5) is 0 Å². The van der Waals surface area contributed by atoms with Crippen LogP contribution in [0, 0.1) is 0 Å². The highest BCUT2D eigenvalue weighted by Crippen LogP contribution is 2.38. The summed E-state index contributed by atoms with van der Waals surface area (Å²) in [7, 11) is 3.19. The van der Waals surface area contributed by atoms with Gasteiger partial charge in [-0.25, -0.2) is 4.79 Å². The lowest BCUT2D eigenvalue weighted by Gasteiger charge is -2.23. The van der Waals surface area contributed by atoms with Crippen LogP contribution in [0.15, 0.2) is 18.2 Å². The minimum absolute atomic E-state index is 0.0166. The molecule has 1 heterocycles. The van der Waals surface area contributed by atoms with E-state index in [-0.39, 0.29) is 11.7 Å². The van der Waals surface area contributed by atoms with Gasteiger partial charge in [-0.3, -0.25) is 4.79 Å². The minimum atomic E-state index is -0.393. The van der Waals surface area contributed by atoms with Gasteiger partial charge >= 0.3 is 5.97 Å². The van der Waals surface area contributed by atoms with E-state index >= 15 is 0 Å². The molecule has 0 aliphatic heterocycles. The van der Waals surface area contributed by atoms with Crippen LogP contribution in [-0.2, 0) is 17.6 Å². The fraction of sp³-hybridized carbons (Fsp3) is 0.455. The van der Waals surface area contributed by atoms with Gasteiger partial charge in [-0.15, -0.1) is 0 Å². The summed E-state index contributed by atoms with van der Waals surface area (Å²) < 4.78 is 15.9. The van der Waals surface area contributed by atoms with Crippen molar-refractivity contribution >= 4 is 11.8 Å². The molecule has 1 aromatic carbocycles. The predicted octanol–water partition coefficient (Wildman–Crippen LogP) is 4.07. The second kappa shape index (κ2) is 8.50. The summed E-state index contributed by atoms with van der Waals surface area (Å²) in [5, 5.41) is 0. The van der Waals surface area contributed by atoms with Gasteiger partial charge in [-0.05, 0) is 48.9 Å². The van der Waals surface area contributed by atoms with E-state index in [2.05, 4.69) is 4.98 Å². The van der Waals surface area contributed by atoms with Gasteiger partial charge in [0, 0.05) is 17.7 Å². The maximum Gasteiger partial charge on any atom is 0.355 e. The Labute approximate surface area is 165 Å². The number of Topliss-reactive ketones (excluding diaryl/α,β-unsaturated/α-hetero) is 1. The third kappa shape index (κ3) is 3.63. The molecule has 1 aromatic heterocycles. The standard InChI is InChI=1S/C22H27NO5/c1-5-7-15-20-16(23-21(15)22(25)28-6-2)10-14(11-17(20)24)13-8-9-18(26-3)19(12-13)27-4/h8-9,12,14,23H,5-7,10-11H2,1-4H3. The molecule has 0 fully saturated rings. The molecule has 0 bridgehead atoms. The number of carbonyl (C=O) groups is 2. The van der Waals surface area contributed by atoms with Gasteiger partial charge in [0.2, 0.25) is 0 Å². The van der Waals surface area contributed by atoms with Crippen molar-refractivity contribution in [2.75, 3.05) is 20.8 Å². The topological polar surface area (TPSA) is 77.6 Å². The molecule has 1 N–H and O–H groups in total. The number of rotatable bonds is 7. The van der Waals surface area contributed by atoms with Crippen molar-refractivity contribution in [3.8, 4) is 11.5 Å². The van der Waals surface area contributed by atoms with Crippen molar-refractivity contribution in [1.82, 2.24) is 4.98 Å². The van der Waals surface area contributed by atoms with E-state index in [1.807, 2.05) is 25.1 Å². The van der Waals surface area contributed by atoms with Crippen LogP contribution in [0.2, 0.25) is 0 Å². The summed E-state index contributed by atoms with van der Waals surface area (Å²) in [6.07, 6.45) is 2.59. The molecule has 0 spiro atoms. The number of esters is 1. The number of methoxy groups -OCH3 is 2. The zero-order chi connectivity index (χ0) is 20.3. The summed E-state index contributed by atoms with van der Waals surface area (Å²) in [6, 6.07) is 5.74. The third-order valence-electron chi connectivity index (χ3n) is 5.20. The van der Waals surface area contributed by atoms with E-state index in [9.17, 15) is 9.59 Å². The monoisotopic (exact) mass is 385 g/mol. The van der Waals surface area contributed by atoms with Crippen molar-refractivity contribution in [1.29, 1.82) is 0 Å². The fourth-order valence-electron chi connectivity index (χ4n) is 3.95. The summed E-state index contributed by atoms with van der Waals surface area (Å²) in [5.41, 5.74) is 3.74. The van der Waals surface area contributed by atoms with E-state index in [0.717, 1.165) is 23.2 Å². The first-order valence-electron chi connectivity index (χ1n) is 9.69. The van der Waals surface area contributed by atoms with Gasteiger partial charge in [-0.1, -0.05) is 19.4 Å².